The normalized spacial score (nSPS) is 15.2. The van der Waals surface area contributed by atoms with Gasteiger partial charge in [-0.25, -0.2) is 0 Å². The monoisotopic (exact) mass is 197 g/mol. The van der Waals surface area contributed by atoms with Crippen molar-refractivity contribution < 1.29 is 0 Å². The molecule has 1 aromatic carbocycles. The lowest BCUT2D eigenvalue weighted by Crippen LogP contribution is -2.14. The predicted molar refractivity (Wildman–Crippen MR) is 58.3 cm³/mol. The number of aryl methyl sites for hydroxylation is 1. The highest BCUT2D eigenvalue weighted by atomic mass is 35.5. The molecule has 0 atom stereocenters. The van der Waals surface area contributed by atoms with Crippen molar-refractivity contribution in [1.82, 2.24) is 5.32 Å². The molecule has 0 spiro atoms. The molecule has 1 aliphatic rings. The van der Waals surface area contributed by atoms with Crippen molar-refractivity contribution in [2.75, 3.05) is 0 Å². The van der Waals surface area contributed by atoms with Gasteiger partial charge in [-0.3, -0.25) is 0 Å². The highest BCUT2D eigenvalue weighted by molar-refractivity contribution is 5.85. The third kappa shape index (κ3) is 3.37. The van der Waals surface area contributed by atoms with Crippen LogP contribution in [0.15, 0.2) is 24.3 Å². The first kappa shape index (κ1) is 10.6. The van der Waals surface area contributed by atoms with Crippen molar-refractivity contribution in [2.24, 2.45) is 0 Å². The molecule has 2 rings (SSSR count). The fourth-order valence-electron chi connectivity index (χ4n) is 1.26. The standard InChI is InChI=1S/C11H15N.ClH/c1-9-2-4-10(5-3-9)8-12-11-6-7-11;/h2-5,11-12H,6-8H2,1H3;1H. The van der Waals surface area contributed by atoms with E-state index in [1.54, 1.807) is 0 Å². The van der Waals surface area contributed by atoms with Gasteiger partial charge in [0, 0.05) is 12.6 Å². The van der Waals surface area contributed by atoms with E-state index in [1.165, 1.54) is 24.0 Å². The summed E-state index contributed by atoms with van der Waals surface area (Å²) in [5, 5.41) is 3.49. The van der Waals surface area contributed by atoms with Gasteiger partial charge in [-0.1, -0.05) is 29.8 Å². The van der Waals surface area contributed by atoms with Crippen molar-refractivity contribution in [1.29, 1.82) is 0 Å². The predicted octanol–water partition coefficient (Wildman–Crippen LogP) is 2.67. The fraction of sp³-hybridized carbons (Fsp3) is 0.455. The van der Waals surface area contributed by atoms with Gasteiger partial charge in [0.25, 0.3) is 0 Å². The third-order valence-electron chi connectivity index (χ3n) is 2.29. The molecular formula is C11H16ClN. The Kier molecular flexibility index (Phi) is 3.76. The molecular weight excluding hydrogens is 182 g/mol. The Morgan fingerprint density at radius 2 is 1.85 bits per heavy atom. The van der Waals surface area contributed by atoms with Crippen LogP contribution in [0.2, 0.25) is 0 Å². The van der Waals surface area contributed by atoms with E-state index in [9.17, 15) is 0 Å². The molecule has 0 aliphatic heterocycles. The summed E-state index contributed by atoms with van der Waals surface area (Å²) >= 11 is 0. The summed E-state index contributed by atoms with van der Waals surface area (Å²) in [5.41, 5.74) is 2.73. The Morgan fingerprint density at radius 3 is 2.38 bits per heavy atom. The van der Waals surface area contributed by atoms with E-state index in [0.29, 0.717) is 0 Å². The average Bonchev–Trinajstić information content (AvgIpc) is 2.87. The number of hydrogen-bond acceptors (Lipinski definition) is 1. The minimum Gasteiger partial charge on any atom is -0.310 e. The second kappa shape index (κ2) is 4.64. The molecule has 0 amide bonds. The van der Waals surface area contributed by atoms with Crippen molar-refractivity contribution in [3.63, 3.8) is 0 Å². The van der Waals surface area contributed by atoms with Crippen LogP contribution < -0.4 is 5.32 Å². The molecule has 0 radical (unpaired) electrons. The maximum absolute atomic E-state index is 3.49. The molecule has 0 aromatic heterocycles. The Bertz CT molecular complexity index is 251. The Labute approximate surface area is 86.0 Å². The first-order valence-corrected chi connectivity index (χ1v) is 4.63. The quantitative estimate of drug-likeness (QED) is 0.786. The summed E-state index contributed by atoms with van der Waals surface area (Å²) in [6, 6.07) is 9.55. The second-order valence-corrected chi connectivity index (χ2v) is 3.64. The van der Waals surface area contributed by atoms with Crippen LogP contribution in [0.25, 0.3) is 0 Å². The van der Waals surface area contributed by atoms with Crippen LogP contribution in [0.4, 0.5) is 0 Å². The highest BCUT2D eigenvalue weighted by Crippen LogP contribution is 2.19. The summed E-state index contributed by atoms with van der Waals surface area (Å²) in [6.07, 6.45) is 2.73. The molecule has 1 aliphatic carbocycles. The van der Waals surface area contributed by atoms with Gasteiger partial charge in [0.1, 0.15) is 0 Å². The van der Waals surface area contributed by atoms with Crippen LogP contribution >= 0.6 is 12.4 Å². The number of halogens is 1. The second-order valence-electron chi connectivity index (χ2n) is 3.64. The van der Waals surface area contributed by atoms with Crippen molar-refractivity contribution in [3.8, 4) is 0 Å². The molecule has 1 fully saturated rings. The van der Waals surface area contributed by atoms with Gasteiger partial charge in [-0.05, 0) is 25.3 Å². The highest BCUT2D eigenvalue weighted by Gasteiger charge is 2.19. The van der Waals surface area contributed by atoms with E-state index in [2.05, 4.69) is 36.5 Å². The van der Waals surface area contributed by atoms with E-state index in [4.69, 9.17) is 0 Å². The maximum Gasteiger partial charge on any atom is 0.0208 e. The first-order chi connectivity index (χ1) is 5.84. The largest absolute Gasteiger partial charge is 0.310 e. The van der Waals surface area contributed by atoms with E-state index >= 15 is 0 Å². The van der Waals surface area contributed by atoms with Crippen LogP contribution in [0.3, 0.4) is 0 Å². The number of benzene rings is 1. The number of rotatable bonds is 3. The molecule has 0 unspecified atom stereocenters. The first-order valence-electron chi connectivity index (χ1n) is 4.63. The maximum atomic E-state index is 3.49. The molecule has 2 heteroatoms. The minimum absolute atomic E-state index is 0. The molecule has 1 aromatic rings. The zero-order chi connectivity index (χ0) is 8.39. The lowest BCUT2D eigenvalue weighted by Gasteiger charge is -2.02. The molecule has 1 saturated carbocycles. The van der Waals surface area contributed by atoms with Crippen LogP contribution in [0, 0.1) is 6.92 Å². The Hall–Kier alpha value is -0.530. The van der Waals surface area contributed by atoms with Gasteiger partial charge in [-0.15, -0.1) is 12.4 Å². The number of hydrogen-bond donors (Lipinski definition) is 1. The van der Waals surface area contributed by atoms with E-state index in [-0.39, 0.29) is 12.4 Å². The molecule has 1 nitrogen and oxygen atoms in total. The summed E-state index contributed by atoms with van der Waals surface area (Å²) in [5.74, 6) is 0. The molecule has 0 saturated heterocycles. The summed E-state index contributed by atoms with van der Waals surface area (Å²) < 4.78 is 0. The lowest BCUT2D eigenvalue weighted by atomic mass is 10.1. The van der Waals surface area contributed by atoms with Gasteiger partial charge in [0.05, 0.1) is 0 Å². The minimum atomic E-state index is 0. The van der Waals surface area contributed by atoms with E-state index in [0.717, 1.165) is 12.6 Å². The molecule has 13 heavy (non-hydrogen) atoms. The average molecular weight is 198 g/mol. The summed E-state index contributed by atoms with van der Waals surface area (Å²) in [6.45, 7) is 3.16. The van der Waals surface area contributed by atoms with Gasteiger partial charge < -0.3 is 5.32 Å². The van der Waals surface area contributed by atoms with E-state index in [1.807, 2.05) is 0 Å². The SMILES string of the molecule is Cc1ccc(CNC2CC2)cc1.Cl. The third-order valence-corrected chi connectivity index (χ3v) is 2.29. The van der Waals surface area contributed by atoms with Crippen LogP contribution in [-0.4, -0.2) is 6.04 Å². The van der Waals surface area contributed by atoms with Gasteiger partial charge in [0.15, 0.2) is 0 Å². The van der Waals surface area contributed by atoms with Crippen molar-refractivity contribution >= 4 is 12.4 Å². The molecule has 0 bridgehead atoms. The zero-order valence-corrected chi connectivity index (χ0v) is 8.73. The molecule has 72 valence electrons. The lowest BCUT2D eigenvalue weighted by molar-refractivity contribution is 0.688. The van der Waals surface area contributed by atoms with Gasteiger partial charge in [-0.2, -0.15) is 0 Å². The van der Waals surface area contributed by atoms with Gasteiger partial charge in [0.2, 0.25) is 0 Å². The summed E-state index contributed by atoms with van der Waals surface area (Å²) in [4.78, 5) is 0. The molecule has 0 heterocycles. The smallest absolute Gasteiger partial charge is 0.0208 e. The van der Waals surface area contributed by atoms with Gasteiger partial charge >= 0.3 is 0 Å². The van der Waals surface area contributed by atoms with Crippen LogP contribution in [0.1, 0.15) is 24.0 Å². The number of nitrogens with one attached hydrogen (secondary N) is 1. The van der Waals surface area contributed by atoms with Crippen LogP contribution in [0.5, 0.6) is 0 Å². The van der Waals surface area contributed by atoms with Crippen molar-refractivity contribution in [3.05, 3.63) is 35.4 Å². The molecule has 1 N–H and O–H groups in total. The van der Waals surface area contributed by atoms with Crippen molar-refractivity contribution in [2.45, 2.75) is 32.4 Å². The van der Waals surface area contributed by atoms with E-state index < -0.39 is 0 Å². The zero-order valence-electron chi connectivity index (χ0n) is 7.92. The fourth-order valence-corrected chi connectivity index (χ4v) is 1.26. The Balaban J connectivity index is 0.000000845. The topological polar surface area (TPSA) is 12.0 Å². The Morgan fingerprint density at radius 1 is 1.23 bits per heavy atom. The van der Waals surface area contributed by atoms with Crippen LogP contribution in [-0.2, 0) is 6.54 Å². The summed E-state index contributed by atoms with van der Waals surface area (Å²) in [7, 11) is 0.